The van der Waals surface area contributed by atoms with Crippen molar-refractivity contribution in [2.45, 2.75) is 110 Å². The highest BCUT2D eigenvalue weighted by molar-refractivity contribution is 5.88. The zero-order valence-corrected chi connectivity index (χ0v) is 28.2. The Morgan fingerprint density at radius 3 is 2.64 bits per heavy atom. The summed E-state index contributed by atoms with van der Waals surface area (Å²) < 4.78 is 19.9. The van der Waals surface area contributed by atoms with E-state index >= 15 is 0 Å². The molecule has 7 heterocycles. The van der Waals surface area contributed by atoms with Gasteiger partial charge in [0.05, 0.1) is 48.6 Å². The Morgan fingerprint density at radius 1 is 1.11 bits per heavy atom. The number of pyridine rings is 1. The van der Waals surface area contributed by atoms with Gasteiger partial charge in [0, 0.05) is 37.6 Å². The summed E-state index contributed by atoms with van der Waals surface area (Å²) in [6.45, 7) is 13.3. The lowest BCUT2D eigenvalue weighted by molar-refractivity contribution is -0.0368. The van der Waals surface area contributed by atoms with Gasteiger partial charge in [-0.25, -0.2) is 19.4 Å². The van der Waals surface area contributed by atoms with Crippen LogP contribution in [0.25, 0.3) is 11.2 Å². The van der Waals surface area contributed by atoms with Crippen molar-refractivity contribution in [2.24, 2.45) is 5.41 Å². The number of hydrogen-bond acceptors (Lipinski definition) is 11. The fourth-order valence-electron chi connectivity index (χ4n) is 7.65. The van der Waals surface area contributed by atoms with Gasteiger partial charge in [-0.3, -0.25) is 4.98 Å². The van der Waals surface area contributed by atoms with E-state index in [0.29, 0.717) is 24.6 Å². The van der Waals surface area contributed by atoms with Crippen LogP contribution in [0.3, 0.4) is 0 Å². The highest BCUT2D eigenvalue weighted by atomic mass is 16.6. The predicted molar refractivity (Wildman–Crippen MR) is 177 cm³/mol. The number of nitrogens with zero attached hydrogens (tertiary/aromatic N) is 7. The third-order valence-corrected chi connectivity index (χ3v) is 10.2. The van der Waals surface area contributed by atoms with Gasteiger partial charge in [0.25, 0.3) is 0 Å². The van der Waals surface area contributed by atoms with Crippen molar-refractivity contribution in [3.63, 3.8) is 0 Å². The molecule has 0 aromatic carbocycles. The molecule has 2 N–H and O–H groups in total. The van der Waals surface area contributed by atoms with Gasteiger partial charge in [-0.05, 0) is 78.4 Å². The molecule has 1 spiro atoms. The van der Waals surface area contributed by atoms with Gasteiger partial charge in [-0.15, -0.1) is 5.10 Å². The van der Waals surface area contributed by atoms with E-state index in [0.717, 1.165) is 86.7 Å². The number of aliphatic hydroxyl groups is 1. The van der Waals surface area contributed by atoms with Crippen molar-refractivity contribution in [3.8, 4) is 0 Å². The second-order valence-electron chi connectivity index (χ2n) is 14.7. The molecule has 0 radical (unpaired) electrons. The quantitative estimate of drug-likeness (QED) is 0.388. The number of aromatic nitrogens is 5. The van der Waals surface area contributed by atoms with Crippen molar-refractivity contribution in [2.75, 3.05) is 42.6 Å². The molecule has 3 fully saturated rings. The van der Waals surface area contributed by atoms with Crippen LogP contribution < -0.4 is 15.1 Å². The van der Waals surface area contributed by atoms with Gasteiger partial charge in [0.2, 0.25) is 0 Å². The number of hydrogen-bond donors (Lipinski definition) is 2. The first kappa shape index (κ1) is 32.0. The minimum absolute atomic E-state index is 0.0879. The van der Waals surface area contributed by atoms with Crippen LogP contribution in [0.4, 0.5) is 22.1 Å². The standard InChI is InChI=1S/C34H48N8O5/c1-21-11-14-41(24-10-9-23(19-43)36-27(21)24)31-28-30(42(39-31)26-8-6-7-17-45-26)37-25(18-35-28)40-15-12-34(13-16-40)20-46-22(2)29(34)38-32(44)47-33(3,4)5/h9-10,18,21-22,26,29,43H,6-8,11-17,19-20H2,1-5H3,(H,38,44)/t21-,22-,26?,29+/m0/s1. The van der Waals surface area contributed by atoms with Gasteiger partial charge in [-0.2, -0.15) is 0 Å². The summed E-state index contributed by atoms with van der Waals surface area (Å²) in [6, 6.07) is 3.79. The van der Waals surface area contributed by atoms with Crippen LogP contribution in [0.5, 0.6) is 0 Å². The fourth-order valence-corrected chi connectivity index (χ4v) is 7.65. The first-order chi connectivity index (χ1) is 22.5. The first-order valence-corrected chi connectivity index (χ1v) is 17.2. The van der Waals surface area contributed by atoms with Crippen LogP contribution in [-0.4, -0.2) is 86.5 Å². The maximum Gasteiger partial charge on any atom is 0.407 e. The number of alkyl carbamates (subject to hydrolysis) is 1. The molecular formula is C34H48N8O5. The minimum atomic E-state index is -0.564. The third-order valence-electron chi connectivity index (χ3n) is 10.2. The lowest BCUT2D eigenvalue weighted by atomic mass is 9.73. The smallest absolute Gasteiger partial charge is 0.407 e. The third kappa shape index (κ3) is 6.13. The molecule has 13 nitrogen and oxygen atoms in total. The molecule has 3 aromatic rings. The van der Waals surface area contributed by atoms with E-state index in [1.807, 2.05) is 50.7 Å². The highest BCUT2D eigenvalue weighted by Crippen LogP contribution is 2.44. The van der Waals surface area contributed by atoms with Crippen LogP contribution in [-0.2, 0) is 20.8 Å². The molecule has 4 aliphatic rings. The Bertz CT molecular complexity index is 1610. The number of ether oxygens (including phenoxy) is 3. The first-order valence-electron chi connectivity index (χ1n) is 17.2. The van der Waals surface area contributed by atoms with Gasteiger partial charge in [0.1, 0.15) is 11.4 Å². The minimum Gasteiger partial charge on any atom is -0.444 e. The summed E-state index contributed by atoms with van der Waals surface area (Å²) in [5.74, 6) is 1.84. The lowest BCUT2D eigenvalue weighted by Crippen LogP contribution is -2.55. The van der Waals surface area contributed by atoms with Gasteiger partial charge >= 0.3 is 6.09 Å². The van der Waals surface area contributed by atoms with Crippen LogP contribution in [0.1, 0.15) is 96.7 Å². The number of nitrogens with one attached hydrogen (secondary N) is 1. The monoisotopic (exact) mass is 648 g/mol. The average molecular weight is 649 g/mol. The predicted octanol–water partition coefficient (Wildman–Crippen LogP) is 4.96. The van der Waals surface area contributed by atoms with Gasteiger partial charge in [-0.1, -0.05) is 6.92 Å². The Morgan fingerprint density at radius 2 is 1.91 bits per heavy atom. The normalized spacial score (nSPS) is 26.1. The molecule has 4 atom stereocenters. The highest BCUT2D eigenvalue weighted by Gasteiger charge is 2.50. The molecule has 7 rings (SSSR count). The maximum atomic E-state index is 12.7. The van der Waals surface area contributed by atoms with Crippen molar-refractivity contribution in [3.05, 3.63) is 29.7 Å². The zero-order chi connectivity index (χ0) is 32.9. The van der Waals surface area contributed by atoms with Crippen LogP contribution >= 0.6 is 0 Å². The number of fused-ring (bicyclic) bond motifs is 2. The van der Waals surface area contributed by atoms with Gasteiger partial charge < -0.3 is 34.4 Å². The Balaban J connectivity index is 1.17. The molecule has 3 saturated heterocycles. The molecule has 3 aromatic heterocycles. The van der Waals surface area contributed by atoms with E-state index in [-0.39, 0.29) is 36.3 Å². The van der Waals surface area contributed by atoms with E-state index in [1.54, 1.807) is 0 Å². The topological polar surface area (TPSA) is 140 Å². The molecule has 1 amide bonds. The second-order valence-corrected chi connectivity index (χ2v) is 14.7. The molecule has 13 heteroatoms. The van der Waals surface area contributed by atoms with Crippen LogP contribution in [0.2, 0.25) is 0 Å². The number of aliphatic hydroxyl groups excluding tert-OH is 1. The molecule has 4 aliphatic heterocycles. The Kier molecular flexibility index (Phi) is 8.50. The molecule has 0 bridgehead atoms. The summed E-state index contributed by atoms with van der Waals surface area (Å²) in [5.41, 5.74) is 3.35. The molecule has 0 saturated carbocycles. The van der Waals surface area contributed by atoms with E-state index in [1.165, 1.54) is 0 Å². The van der Waals surface area contributed by atoms with Crippen LogP contribution in [0.15, 0.2) is 18.3 Å². The summed E-state index contributed by atoms with van der Waals surface area (Å²) in [4.78, 5) is 32.2. The second kappa shape index (κ2) is 12.5. The summed E-state index contributed by atoms with van der Waals surface area (Å²) in [5, 5.41) is 18.0. The van der Waals surface area contributed by atoms with Crippen molar-refractivity contribution in [1.29, 1.82) is 0 Å². The summed E-state index contributed by atoms with van der Waals surface area (Å²) >= 11 is 0. The van der Waals surface area contributed by atoms with E-state index in [2.05, 4.69) is 22.0 Å². The van der Waals surface area contributed by atoms with Crippen LogP contribution in [0, 0.1) is 5.41 Å². The average Bonchev–Trinajstić information content (AvgIpc) is 3.58. The summed E-state index contributed by atoms with van der Waals surface area (Å²) in [6.07, 6.45) is 6.75. The van der Waals surface area contributed by atoms with E-state index in [4.69, 9.17) is 34.3 Å². The van der Waals surface area contributed by atoms with E-state index in [9.17, 15) is 9.90 Å². The number of anilines is 3. The van der Waals surface area contributed by atoms with Crippen molar-refractivity contribution >= 4 is 34.6 Å². The Labute approximate surface area is 276 Å². The number of carbonyl (C=O) groups excluding carboxylic acids is 1. The SMILES string of the molecule is C[C@@H]1OCC2(CCN(c3cnc4c(N5CC[C@H](C)c6nc(CO)ccc65)nn(C5CCCCO5)c4n3)CC2)[C@@H]1NC(=O)OC(C)(C)C. The molecule has 0 aliphatic carbocycles. The number of rotatable bonds is 5. The van der Waals surface area contributed by atoms with Crippen molar-refractivity contribution < 1.29 is 24.1 Å². The Hall–Kier alpha value is -3.55. The molecular weight excluding hydrogens is 600 g/mol. The number of carbonyl (C=O) groups is 1. The largest absolute Gasteiger partial charge is 0.444 e. The molecule has 47 heavy (non-hydrogen) atoms. The zero-order valence-electron chi connectivity index (χ0n) is 28.2. The lowest BCUT2D eigenvalue weighted by Gasteiger charge is -2.42. The number of amides is 1. The number of piperidine rings is 1. The van der Waals surface area contributed by atoms with Gasteiger partial charge in [0.15, 0.2) is 23.2 Å². The van der Waals surface area contributed by atoms with Crippen molar-refractivity contribution in [1.82, 2.24) is 30.0 Å². The summed E-state index contributed by atoms with van der Waals surface area (Å²) in [7, 11) is 0. The fraction of sp³-hybridized carbons (Fsp3) is 0.676. The maximum absolute atomic E-state index is 12.7. The molecule has 1 unspecified atom stereocenters. The van der Waals surface area contributed by atoms with E-state index < -0.39 is 11.7 Å². The molecule has 254 valence electrons.